The van der Waals surface area contributed by atoms with Crippen LogP contribution in [0.3, 0.4) is 0 Å². The molecule has 1 atom stereocenters. The molecule has 0 unspecified atom stereocenters. The first-order valence-electron chi connectivity index (χ1n) is 6.06. The van der Waals surface area contributed by atoms with Crippen molar-refractivity contribution in [3.05, 3.63) is 27.8 Å². The highest BCUT2D eigenvalue weighted by molar-refractivity contribution is 14.1. The average Bonchev–Trinajstić information content (AvgIpc) is 2.34. The number of anilines is 1. The first kappa shape index (κ1) is 10.8. The van der Waals surface area contributed by atoms with E-state index in [1.54, 1.807) is 0 Å². The van der Waals surface area contributed by atoms with Crippen molar-refractivity contribution in [1.29, 1.82) is 0 Å². The zero-order valence-corrected chi connectivity index (χ0v) is 11.5. The zero-order chi connectivity index (χ0) is 11.0. The first-order chi connectivity index (χ1) is 7.81. The van der Waals surface area contributed by atoms with E-state index in [0.29, 0.717) is 6.04 Å². The van der Waals surface area contributed by atoms with Gasteiger partial charge in [-0.25, -0.2) is 0 Å². The molecule has 0 amide bonds. The summed E-state index contributed by atoms with van der Waals surface area (Å²) in [5, 5.41) is 3.69. The van der Waals surface area contributed by atoms with Crippen molar-refractivity contribution in [2.45, 2.75) is 18.9 Å². The maximum Gasteiger partial charge on any atom is 0.0417 e. The van der Waals surface area contributed by atoms with Crippen molar-refractivity contribution in [3.8, 4) is 0 Å². The monoisotopic (exact) mass is 328 g/mol. The number of nitrogens with one attached hydrogen (secondary N) is 1. The Bertz CT molecular complexity index is 355. The Morgan fingerprint density at radius 1 is 1.12 bits per heavy atom. The fraction of sp³-hybridized carbons (Fsp3) is 0.538. The molecule has 1 aromatic rings. The highest BCUT2D eigenvalue weighted by Crippen LogP contribution is 2.29. The molecule has 0 spiro atoms. The second kappa shape index (κ2) is 4.53. The van der Waals surface area contributed by atoms with Gasteiger partial charge >= 0.3 is 0 Å². The average molecular weight is 328 g/mol. The molecule has 3 fully saturated rings. The maximum absolute atomic E-state index is 3.69. The van der Waals surface area contributed by atoms with Crippen molar-refractivity contribution in [2.24, 2.45) is 5.92 Å². The number of rotatable bonds is 2. The highest BCUT2D eigenvalue weighted by Gasteiger charge is 2.33. The molecule has 2 nitrogen and oxygen atoms in total. The van der Waals surface area contributed by atoms with Crippen molar-refractivity contribution in [2.75, 3.05) is 25.0 Å². The third-order valence-electron chi connectivity index (χ3n) is 3.85. The van der Waals surface area contributed by atoms with Gasteiger partial charge < -0.3 is 10.2 Å². The number of fused-ring (bicyclic) bond motifs is 3. The van der Waals surface area contributed by atoms with E-state index in [1.165, 1.54) is 41.7 Å². The van der Waals surface area contributed by atoms with E-state index in [-0.39, 0.29) is 0 Å². The molecule has 3 aliphatic heterocycles. The van der Waals surface area contributed by atoms with Crippen LogP contribution in [-0.4, -0.2) is 30.6 Å². The normalized spacial score (nSPS) is 32.7. The van der Waals surface area contributed by atoms with Gasteiger partial charge in [-0.1, -0.05) is 0 Å². The summed E-state index contributed by atoms with van der Waals surface area (Å²) in [7, 11) is 0. The molecule has 0 radical (unpaired) electrons. The Labute approximate surface area is 111 Å². The van der Waals surface area contributed by atoms with Crippen molar-refractivity contribution in [3.63, 3.8) is 0 Å². The van der Waals surface area contributed by atoms with E-state index in [1.807, 2.05) is 0 Å². The van der Waals surface area contributed by atoms with Gasteiger partial charge in [-0.05, 0) is 78.7 Å². The molecule has 1 aromatic carbocycles. The molecule has 3 heterocycles. The number of hydrogen-bond donors (Lipinski definition) is 1. The van der Waals surface area contributed by atoms with Crippen molar-refractivity contribution < 1.29 is 0 Å². The van der Waals surface area contributed by atoms with Crippen LogP contribution in [-0.2, 0) is 0 Å². The van der Waals surface area contributed by atoms with Crippen LogP contribution in [0.2, 0.25) is 0 Å². The Morgan fingerprint density at radius 2 is 1.81 bits per heavy atom. The lowest BCUT2D eigenvalue weighted by atomic mass is 9.84. The Balaban J connectivity index is 1.68. The van der Waals surface area contributed by atoms with Crippen molar-refractivity contribution >= 4 is 28.3 Å². The van der Waals surface area contributed by atoms with Gasteiger partial charge in [0.2, 0.25) is 0 Å². The summed E-state index contributed by atoms with van der Waals surface area (Å²) in [4.78, 5) is 2.59. The molecule has 16 heavy (non-hydrogen) atoms. The molecule has 2 bridgehead atoms. The quantitative estimate of drug-likeness (QED) is 0.840. The lowest BCUT2D eigenvalue weighted by Crippen LogP contribution is -2.53. The molecule has 0 saturated carbocycles. The summed E-state index contributed by atoms with van der Waals surface area (Å²) >= 11 is 2.35. The van der Waals surface area contributed by atoms with Crippen LogP contribution in [0.15, 0.2) is 24.3 Å². The second-order valence-corrected chi connectivity index (χ2v) is 6.14. The van der Waals surface area contributed by atoms with Gasteiger partial charge in [-0.3, -0.25) is 0 Å². The van der Waals surface area contributed by atoms with E-state index in [0.717, 1.165) is 5.92 Å². The van der Waals surface area contributed by atoms with E-state index < -0.39 is 0 Å². The van der Waals surface area contributed by atoms with Gasteiger partial charge in [0.05, 0.1) is 0 Å². The van der Waals surface area contributed by atoms with Gasteiger partial charge in [0.15, 0.2) is 0 Å². The van der Waals surface area contributed by atoms with Crippen LogP contribution in [0.25, 0.3) is 0 Å². The van der Waals surface area contributed by atoms with Crippen LogP contribution in [0.5, 0.6) is 0 Å². The largest absolute Gasteiger partial charge is 0.381 e. The molecule has 86 valence electrons. The van der Waals surface area contributed by atoms with Crippen LogP contribution in [0.1, 0.15) is 12.8 Å². The fourth-order valence-corrected chi connectivity index (χ4v) is 3.25. The molecule has 4 rings (SSSR count). The minimum Gasteiger partial charge on any atom is -0.381 e. The van der Waals surface area contributed by atoms with Crippen molar-refractivity contribution in [1.82, 2.24) is 4.90 Å². The summed E-state index contributed by atoms with van der Waals surface area (Å²) in [5.74, 6) is 0.893. The number of nitrogens with zero attached hydrogens (tertiary/aromatic N) is 1. The highest BCUT2D eigenvalue weighted by atomic mass is 127. The summed E-state index contributed by atoms with van der Waals surface area (Å²) in [6.07, 6.45) is 2.75. The van der Waals surface area contributed by atoms with E-state index >= 15 is 0 Å². The first-order valence-corrected chi connectivity index (χ1v) is 7.13. The molecule has 0 aromatic heterocycles. The predicted molar refractivity (Wildman–Crippen MR) is 75.7 cm³/mol. The predicted octanol–water partition coefficient (Wildman–Crippen LogP) is 2.80. The Morgan fingerprint density at radius 3 is 2.38 bits per heavy atom. The summed E-state index contributed by atoms with van der Waals surface area (Å²) < 4.78 is 1.30. The number of halogens is 1. The van der Waals surface area contributed by atoms with Crippen LogP contribution >= 0.6 is 22.6 Å². The molecule has 3 heteroatoms. The Hall–Kier alpha value is -0.290. The zero-order valence-electron chi connectivity index (χ0n) is 9.32. The Kier molecular flexibility index (Phi) is 3.07. The van der Waals surface area contributed by atoms with E-state index in [2.05, 4.69) is 57.1 Å². The number of piperidine rings is 3. The van der Waals surface area contributed by atoms with Gasteiger partial charge in [-0.15, -0.1) is 0 Å². The summed E-state index contributed by atoms with van der Waals surface area (Å²) in [5.41, 5.74) is 1.28. The molecule has 3 saturated heterocycles. The van der Waals surface area contributed by atoms with Gasteiger partial charge in [0.1, 0.15) is 0 Å². The maximum atomic E-state index is 3.69. The third kappa shape index (κ3) is 2.20. The topological polar surface area (TPSA) is 15.3 Å². The van der Waals surface area contributed by atoms with Gasteiger partial charge in [0.25, 0.3) is 0 Å². The summed E-state index contributed by atoms with van der Waals surface area (Å²) in [6, 6.07) is 9.40. The lowest BCUT2D eigenvalue weighted by molar-refractivity contribution is 0.0975. The molecule has 3 aliphatic rings. The molecular weight excluding hydrogens is 311 g/mol. The standard InChI is InChI=1S/C13H17IN2/c14-11-1-3-12(4-2-11)15-13-9-16-7-5-10(13)6-8-16/h1-4,10,13,15H,5-9H2/t13-/m0/s1. The SMILES string of the molecule is Ic1ccc(N[C@H]2CN3CCC2CC3)cc1. The van der Waals surface area contributed by atoms with Crippen LogP contribution in [0, 0.1) is 9.49 Å². The molecule has 1 N–H and O–H groups in total. The van der Waals surface area contributed by atoms with Crippen LogP contribution < -0.4 is 5.32 Å². The summed E-state index contributed by atoms with van der Waals surface area (Å²) in [6.45, 7) is 3.86. The lowest BCUT2D eigenvalue weighted by Gasteiger charge is -2.45. The van der Waals surface area contributed by atoms with Crippen LogP contribution in [0.4, 0.5) is 5.69 Å². The third-order valence-corrected chi connectivity index (χ3v) is 4.57. The molecular formula is C13H17IN2. The van der Waals surface area contributed by atoms with Gasteiger partial charge in [0, 0.05) is 21.8 Å². The number of hydrogen-bond acceptors (Lipinski definition) is 2. The van der Waals surface area contributed by atoms with Gasteiger partial charge in [-0.2, -0.15) is 0 Å². The molecule has 0 aliphatic carbocycles. The van der Waals surface area contributed by atoms with E-state index in [4.69, 9.17) is 0 Å². The number of benzene rings is 1. The smallest absolute Gasteiger partial charge is 0.0417 e. The van der Waals surface area contributed by atoms with E-state index in [9.17, 15) is 0 Å². The minimum absolute atomic E-state index is 0.669. The fourth-order valence-electron chi connectivity index (χ4n) is 2.89. The second-order valence-electron chi connectivity index (χ2n) is 4.90. The minimum atomic E-state index is 0.669.